The van der Waals surface area contributed by atoms with Crippen molar-refractivity contribution in [2.24, 2.45) is 16.0 Å². The number of hydrazone groups is 2. The highest BCUT2D eigenvalue weighted by Gasteiger charge is 2.12. The molecule has 0 aromatic heterocycles. The molecule has 22 heavy (non-hydrogen) atoms. The van der Waals surface area contributed by atoms with Crippen LogP contribution in [-0.2, 0) is 0 Å². The van der Waals surface area contributed by atoms with Crippen LogP contribution in [0.25, 0.3) is 0 Å². The van der Waals surface area contributed by atoms with Crippen LogP contribution in [0.4, 0.5) is 10.1 Å². The quantitative estimate of drug-likeness (QED) is 0.385. The molecule has 112 valence electrons. The van der Waals surface area contributed by atoms with Crippen molar-refractivity contribution in [1.82, 2.24) is 0 Å². The summed E-state index contributed by atoms with van der Waals surface area (Å²) in [5.74, 6) is 4.36. The van der Waals surface area contributed by atoms with Crippen LogP contribution in [0.1, 0.15) is 10.4 Å². The molecule has 0 heterocycles. The Morgan fingerprint density at radius 1 is 1.14 bits per heavy atom. The van der Waals surface area contributed by atoms with Gasteiger partial charge in [0.15, 0.2) is 5.71 Å². The number of Topliss-reactive ketones (excluding diaryl/α,β-unsaturated/α-hetero) is 1. The van der Waals surface area contributed by atoms with Gasteiger partial charge in [-0.3, -0.25) is 10.2 Å². The summed E-state index contributed by atoms with van der Waals surface area (Å²) >= 11 is 5.78. The highest BCUT2D eigenvalue weighted by Crippen LogP contribution is 2.11. The predicted molar refractivity (Wildman–Crippen MR) is 85.9 cm³/mol. The monoisotopic (exact) mass is 318 g/mol. The highest BCUT2D eigenvalue weighted by molar-refractivity contribution is 6.64. The lowest BCUT2D eigenvalue weighted by molar-refractivity contribution is 0.106. The third-order valence-electron chi connectivity index (χ3n) is 2.69. The lowest BCUT2D eigenvalue weighted by atomic mass is 10.1. The fraction of sp³-hybridized carbons (Fsp3) is 0. The van der Waals surface area contributed by atoms with Gasteiger partial charge in [0.25, 0.3) is 0 Å². The van der Waals surface area contributed by atoms with Crippen LogP contribution >= 0.6 is 11.6 Å². The Balaban J connectivity index is 2.21. The van der Waals surface area contributed by atoms with Crippen molar-refractivity contribution in [3.8, 4) is 0 Å². The van der Waals surface area contributed by atoms with Crippen molar-refractivity contribution in [1.29, 1.82) is 0 Å². The van der Waals surface area contributed by atoms with Gasteiger partial charge in [-0.25, -0.2) is 4.39 Å². The predicted octanol–water partition coefficient (Wildman–Crippen LogP) is 3.07. The zero-order valence-corrected chi connectivity index (χ0v) is 12.1. The maximum atomic E-state index is 12.8. The van der Waals surface area contributed by atoms with E-state index in [0.717, 1.165) is 6.21 Å². The van der Waals surface area contributed by atoms with E-state index in [1.165, 1.54) is 24.3 Å². The van der Waals surface area contributed by atoms with Crippen LogP contribution in [0.15, 0.2) is 58.7 Å². The smallest absolute Gasteiger partial charge is 0.214 e. The number of rotatable bonds is 5. The molecule has 0 bridgehead atoms. The van der Waals surface area contributed by atoms with E-state index >= 15 is 0 Å². The first-order valence-corrected chi connectivity index (χ1v) is 6.61. The first kappa shape index (κ1) is 15.7. The Morgan fingerprint density at radius 3 is 2.36 bits per heavy atom. The molecular weight excluding hydrogens is 307 g/mol. The lowest BCUT2D eigenvalue weighted by Gasteiger charge is -2.03. The summed E-state index contributed by atoms with van der Waals surface area (Å²) in [5.41, 5.74) is 3.57. The van der Waals surface area contributed by atoms with E-state index in [2.05, 4.69) is 15.6 Å². The van der Waals surface area contributed by atoms with Crippen molar-refractivity contribution >= 4 is 35.0 Å². The summed E-state index contributed by atoms with van der Waals surface area (Å²) in [4.78, 5) is 12.3. The van der Waals surface area contributed by atoms with E-state index < -0.39 is 0 Å². The number of carbonyl (C=O) groups is 1. The molecule has 7 heteroatoms. The molecule has 0 aliphatic carbocycles. The van der Waals surface area contributed by atoms with Crippen LogP contribution < -0.4 is 11.3 Å². The van der Waals surface area contributed by atoms with Crippen LogP contribution in [0.5, 0.6) is 0 Å². The van der Waals surface area contributed by atoms with Crippen molar-refractivity contribution in [2.45, 2.75) is 0 Å². The Labute approximate surface area is 131 Å². The van der Waals surface area contributed by atoms with Gasteiger partial charge in [-0.05, 0) is 48.5 Å². The van der Waals surface area contributed by atoms with E-state index in [9.17, 15) is 9.18 Å². The number of nitrogens with one attached hydrogen (secondary N) is 1. The van der Waals surface area contributed by atoms with Crippen LogP contribution in [0.2, 0.25) is 5.02 Å². The molecule has 0 saturated carbocycles. The maximum absolute atomic E-state index is 12.8. The number of ketones is 1. The van der Waals surface area contributed by atoms with Crippen molar-refractivity contribution < 1.29 is 9.18 Å². The first-order chi connectivity index (χ1) is 10.6. The Bertz CT molecular complexity index is 711. The number of halogens is 2. The largest absolute Gasteiger partial charge is 0.323 e. The van der Waals surface area contributed by atoms with Crippen molar-refractivity contribution in [3.05, 3.63) is 64.9 Å². The number of anilines is 1. The minimum atomic E-state index is -0.375. The van der Waals surface area contributed by atoms with E-state index in [-0.39, 0.29) is 17.3 Å². The second kappa shape index (κ2) is 7.33. The van der Waals surface area contributed by atoms with Crippen molar-refractivity contribution in [2.75, 3.05) is 5.43 Å². The molecule has 0 aliphatic heterocycles. The molecule has 0 amide bonds. The molecule has 0 saturated heterocycles. The molecule has 0 aliphatic rings. The minimum absolute atomic E-state index is 0.00847. The highest BCUT2D eigenvalue weighted by atomic mass is 35.5. The number of hydrogen-bond donors (Lipinski definition) is 2. The molecular formula is C15H12ClFN4O. The van der Waals surface area contributed by atoms with E-state index in [4.69, 9.17) is 17.4 Å². The fourth-order valence-electron chi connectivity index (χ4n) is 1.61. The summed E-state index contributed by atoms with van der Waals surface area (Å²) < 4.78 is 12.8. The molecule has 0 spiro atoms. The molecule has 2 rings (SSSR count). The lowest BCUT2D eigenvalue weighted by Crippen LogP contribution is -2.18. The maximum Gasteiger partial charge on any atom is 0.214 e. The summed E-state index contributed by atoms with van der Waals surface area (Å²) in [5, 5.41) is 7.79. The molecule has 0 radical (unpaired) electrons. The van der Waals surface area contributed by atoms with E-state index in [1.807, 2.05) is 0 Å². The summed E-state index contributed by atoms with van der Waals surface area (Å²) in [6, 6.07) is 11.9. The van der Waals surface area contributed by atoms with Gasteiger partial charge in [0, 0.05) is 10.6 Å². The molecule has 5 nitrogen and oxygen atoms in total. The average Bonchev–Trinajstić information content (AvgIpc) is 2.53. The van der Waals surface area contributed by atoms with Gasteiger partial charge in [-0.15, -0.1) is 0 Å². The SMILES string of the molecule is N/N=C/C(=N/Nc1ccc(F)cc1)C(=O)c1ccc(Cl)cc1. The second-order valence-electron chi connectivity index (χ2n) is 4.23. The zero-order chi connectivity index (χ0) is 15.9. The van der Waals surface area contributed by atoms with E-state index in [1.54, 1.807) is 24.3 Å². The Morgan fingerprint density at radius 2 is 1.77 bits per heavy atom. The van der Waals surface area contributed by atoms with Crippen molar-refractivity contribution in [3.63, 3.8) is 0 Å². The van der Waals surface area contributed by atoms with Gasteiger partial charge < -0.3 is 5.84 Å². The summed E-state index contributed by atoms with van der Waals surface area (Å²) in [7, 11) is 0. The Kier molecular flexibility index (Phi) is 5.21. The van der Waals surface area contributed by atoms with Gasteiger partial charge in [0.05, 0.1) is 11.9 Å². The van der Waals surface area contributed by atoms with Crippen LogP contribution in [0, 0.1) is 5.82 Å². The molecule has 0 unspecified atom stereocenters. The minimum Gasteiger partial charge on any atom is -0.323 e. The summed E-state index contributed by atoms with van der Waals surface area (Å²) in [6.07, 6.45) is 1.13. The van der Waals surface area contributed by atoms with Gasteiger partial charge in [-0.1, -0.05) is 11.6 Å². The number of carbonyl (C=O) groups excluding carboxylic acids is 1. The standard InChI is InChI=1S/C15H12ClFN4O/c16-11-3-1-10(2-4-11)15(22)14(9-19-18)21-20-13-7-5-12(17)6-8-13/h1-9,20H,18H2/b19-9+,21-14-. The number of nitrogens with two attached hydrogens (primary N) is 1. The van der Waals surface area contributed by atoms with Gasteiger partial charge >= 0.3 is 0 Å². The summed E-state index contributed by atoms with van der Waals surface area (Å²) in [6.45, 7) is 0. The molecule has 3 N–H and O–H groups in total. The molecule has 0 atom stereocenters. The fourth-order valence-corrected chi connectivity index (χ4v) is 1.73. The molecule has 2 aromatic carbocycles. The van der Waals surface area contributed by atoms with Crippen LogP contribution in [0.3, 0.4) is 0 Å². The number of benzene rings is 2. The third-order valence-corrected chi connectivity index (χ3v) is 2.94. The zero-order valence-electron chi connectivity index (χ0n) is 11.3. The average molecular weight is 319 g/mol. The normalized spacial score (nSPS) is 11.6. The van der Waals surface area contributed by atoms with E-state index in [0.29, 0.717) is 16.3 Å². The van der Waals surface area contributed by atoms with Gasteiger partial charge in [0.2, 0.25) is 5.78 Å². The molecule has 0 fully saturated rings. The van der Waals surface area contributed by atoms with Crippen LogP contribution in [-0.4, -0.2) is 17.7 Å². The number of hydrogen-bond acceptors (Lipinski definition) is 5. The second-order valence-corrected chi connectivity index (χ2v) is 4.67. The van der Waals surface area contributed by atoms with Gasteiger partial charge in [-0.2, -0.15) is 10.2 Å². The Hall–Kier alpha value is -2.73. The molecule has 2 aromatic rings. The first-order valence-electron chi connectivity index (χ1n) is 6.23. The third kappa shape index (κ3) is 4.13. The topological polar surface area (TPSA) is 79.8 Å². The van der Waals surface area contributed by atoms with Gasteiger partial charge in [0.1, 0.15) is 5.82 Å². The number of nitrogens with zero attached hydrogens (tertiary/aromatic N) is 2.